The number of hydrogen-bond donors (Lipinski definition) is 2. The van der Waals surface area contributed by atoms with Crippen molar-refractivity contribution in [3.63, 3.8) is 0 Å². The maximum Gasteiger partial charge on any atom is 0.0299 e. The van der Waals surface area contributed by atoms with Crippen molar-refractivity contribution in [1.82, 2.24) is 5.32 Å². The lowest BCUT2D eigenvalue weighted by Gasteiger charge is -2.39. The number of hydrogen-bond acceptors (Lipinski definition) is 2. The Labute approximate surface area is 89.6 Å². The quantitative estimate of drug-likeness (QED) is 0.620. The fraction of sp³-hybridized carbons (Fsp3) is 1.00. The Morgan fingerprint density at radius 1 is 1.00 bits per heavy atom. The summed E-state index contributed by atoms with van der Waals surface area (Å²) in [5, 5.41) is 3.53. The molecule has 0 unspecified atom stereocenters. The summed E-state index contributed by atoms with van der Waals surface area (Å²) < 4.78 is 0. The maximum atomic E-state index is 6.09. The highest BCUT2D eigenvalue weighted by atomic mass is 15.0. The second-order valence-electron chi connectivity index (χ2n) is 5.33. The smallest absolute Gasteiger partial charge is 0.0299 e. The van der Waals surface area contributed by atoms with Gasteiger partial charge in [-0.25, -0.2) is 0 Å². The van der Waals surface area contributed by atoms with E-state index in [-0.39, 0.29) is 11.1 Å². The molecule has 0 saturated heterocycles. The molecule has 3 N–H and O–H groups in total. The Morgan fingerprint density at radius 3 is 2.00 bits per heavy atom. The van der Waals surface area contributed by atoms with E-state index in [1.807, 2.05) is 0 Å². The molecule has 0 atom stereocenters. The highest BCUT2D eigenvalue weighted by Gasteiger charge is 2.32. The SMILES string of the molecule is CCCCCCNC(C)(C)C(C)(C)N. The first kappa shape index (κ1) is 13.9. The molecule has 0 radical (unpaired) electrons. The number of nitrogens with two attached hydrogens (primary N) is 1. The minimum absolute atomic E-state index is 0.0131. The van der Waals surface area contributed by atoms with Crippen LogP contribution >= 0.6 is 0 Å². The monoisotopic (exact) mass is 200 g/mol. The van der Waals surface area contributed by atoms with Crippen molar-refractivity contribution < 1.29 is 0 Å². The van der Waals surface area contributed by atoms with Crippen LogP contribution < -0.4 is 11.1 Å². The summed E-state index contributed by atoms with van der Waals surface area (Å²) in [4.78, 5) is 0. The number of nitrogens with one attached hydrogen (secondary N) is 1. The van der Waals surface area contributed by atoms with Gasteiger partial charge in [-0.15, -0.1) is 0 Å². The van der Waals surface area contributed by atoms with E-state index in [9.17, 15) is 0 Å². The fourth-order valence-corrected chi connectivity index (χ4v) is 1.18. The van der Waals surface area contributed by atoms with E-state index < -0.39 is 0 Å². The first-order valence-electron chi connectivity index (χ1n) is 5.85. The summed E-state index contributed by atoms with van der Waals surface area (Å²) in [6.07, 6.45) is 5.22. The van der Waals surface area contributed by atoms with Crippen LogP contribution in [0.1, 0.15) is 60.3 Å². The van der Waals surface area contributed by atoms with Gasteiger partial charge in [0.25, 0.3) is 0 Å². The van der Waals surface area contributed by atoms with E-state index in [2.05, 4.69) is 39.9 Å². The van der Waals surface area contributed by atoms with Crippen LogP contribution in [0.2, 0.25) is 0 Å². The summed E-state index contributed by atoms with van der Waals surface area (Å²) in [6, 6.07) is 0. The third-order valence-electron chi connectivity index (χ3n) is 3.21. The lowest BCUT2D eigenvalue weighted by molar-refractivity contribution is 0.241. The fourth-order valence-electron chi connectivity index (χ4n) is 1.18. The largest absolute Gasteiger partial charge is 0.324 e. The molecule has 86 valence electrons. The van der Waals surface area contributed by atoms with Gasteiger partial charge in [-0.05, 0) is 40.7 Å². The first-order valence-corrected chi connectivity index (χ1v) is 5.85. The van der Waals surface area contributed by atoms with Crippen LogP contribution in [-0.4, -0.2) is 17.6 Å². The van der Waals surface area contributed by atoms with E-state index in [1.54, 1.807) is 0 Å². The molecule has 0 heterocycles. The molecule has 0 aliphatic heterocycles. The topological polar surface area (TPSA) is 38.0 Å². The standard InChI is InChI=1S/C12H28N2/c1-6-7-8-9-10-14-12(4,5)11(2,3)13/h14H,6-10,13H2,1-5H3. The molecule has 14 heavy (non-hydrogen) atoms. The summed E-state index contributed by atoms with van der Waals surface area (Å²) >= 11 is 0. The van der Waals surface area contributed by atoms with Gasteiger partial charge in [0.15, 0.2) is 0 Å². The Morgan fingerprint density at radius 2 is 1.57 bits per heavy atom. The molecule has 0 spiro atoms. The van der Waals surface area contributed by atoms with Crippen molar-refractivity contribution in [2.75, 3.05) is 6.54 Å². The third-order valence-corrected chi connectivity index (χ3v) is 3.21. The van der Waals surface area contributed by atoms with Crippen molar-refractivity contribution in [2.45, 2.75) is 71.4 Å². The van der Waals surface area contributed by atoms with Crippen molar-refractivity contribution >= 4 is 0 Å². The summed E-state index contributed by atoms with van der Waals surface area (Å²) in [7, 11) is 0. The average Bonchev–Trinajstić information content (AvgIpc) is 2.02. The molecule has 0 amide bonds. The third kappa shape index (κ3) is 4.97. The van der Waals surface area contributed by atoms with Crippen molar-refractivity contribution in [3.8, 4) is 0 Å². The van der Waals surface area contributed by atoms with Crippen LogP contribution in [0.3, 0.4) is 0 Å². The Kier molecular flexibility index (Phi) is 5.68. The van der Waals surface area contributed by atoms with Gasteiger partial charge in [0.05, 0.1) is 0 Å². The molecular weight excluding hydrogens is 172 g/mol. The van der Waals surface area contributed by atoms with Crippen molar-refractivity contribution in [3.05, 3.63) is 0 Å². The van der Waals surface area contributed by atoms with E-state index in [0.717, 1.165) is 6.54 Å². The molecule has 0 aliphatic rings. The van der Waals surface area contributed by atoms with Crippen LogP contribution in [-0.2, 0) is 0 Å². The predicted octanol–water partition coefficient (Wildman–Crippen LogP) is 2.67. The lowest BCUT2D eigenvalue weighted by atomic mass is 9.83. The molecule has 0 rings (SSSR count). The normalized spacial score (nSPS) is 13.3. The second kappa shape index (κ2) is 5.72. The zero-order valence-electron chi connectivity index (χ0n) is 10.6. The van der Waals surface area contributed by atoms with Gasteiger partial charge in [-0.3, -0.25) is 0 Å². The van der Waals surface area contributed by atoms with Gasteiger partial charge in [0.2, 0.25) is 0 Å². The van der Waals surface area contributed by atoms with E-state index >= 15 is 0 Å². The van der Waals surface area contributed by atoms with Gasteiger partial charge >= 0.3 is 0 Å². The Balaban J connectivity index is 3.67. The molecular formula is C12H28N2. The highest BCUT2D eigenvalue weighted by molar-refractivity contribution is 4.96. The molecule has 0 saturated carbocycles. The van der Waals surface area contributed by atoms with Crippen molar-refractivity contribution in [1.29, 1.82) is 0 Å². The van der Waals surface area contributed by atoms with Crippen LogP contribution in [0.4, 0.5) is 0 Å². The maximum absolute atomic E-state index is 6.09. The summed E-state index contributed by atoms with van der Waals surface area (Å²) in [6.45, 7) is 11.8. The van der Waals surface area contributed by atoms with Crippen LogP contribution in [0, 0.1) is 0 Å². The molecule has 0 bridgehead atoms. The molecule has 0 aliphatic carbocycles. The molecule has 0 fully saturated rings. The van der Waals surface area contributed by atoms with Gasteiger partial charge in [-0.2, -0.15) is 0 Å². The number of rotatable bonds is 7. The zero-order valence-corrected chi connectivity index (χ0v) is 10.6. The van der Waals surface area contributed by atoms with Crippen LogP contribution in [0.5, 0.6) is 0 Å². The average molecular weight is 200 g/mol. The van der Waals surface area contributed by atoms with Gasteiger partial charge in [0, 0.05) is 11.1 Å². The van der Waals surface area contributed by atoms with Gasteiger partial charge < -0.3 is 11.1 Å². The minimum Gasteiger partial charge on any atom is -0.324 e. The lowest BCUT2D eigenvalue weighted by Crippen LogP contribution is -2.61. The Bertz CT molecular complexity index is 145. The van der Waals surface area contributed by atoms with E-state index in [0.29, 0.717) is 0 Å². The second-order valence-corrected chi connectivity index (χ2v) is 5.33. The van der Waals surface area contributed by atoms with Crippen LogP contribution in [0.15, 0.2) is 0 Å². The number of unbranched alkanes of at least 4 members (excludes halogenated alkanes) is 3. The van der Waals surface area contributed by atoms with Gasteiger partial charge in [0.1, 0.15) is 0 Å². The first-order chi connectivity index (χ1) is 6.31. The van der Waals surface area contributed by atoms with E-state index in [4.69, 9.17) is 5.73 Å². The van der Waals surface area contributed by atoms with Crippen LogP contribution in [0.25, 0.3) is 0 Å². The molecule has 0 aromatic rings. The molecule has 2 heteroatoms. The highest BCUT2D eigenvalue weighted by Crippen LogP contribution is 2.17. The predicted molar refractivity (Wildman–Crippen MR) is 64.5 cm³/mol. The summed E-state index contributed by atoms with van der Waals surface area (Å²) in [5.74, 6) is 0. The summed E-state index contributed by atoms with van der Waals surface area (Å²) in [5.41, 5.74) is 5.94. The van der Waals surface area contributed by atoms with Gasteiger partial charge in [-0.1, -0.05) is 26.2 Å². The molecule has 0 aromatic carbocycles. The van der Waals surface area contributed by atoms with Crippen molar-refractivity contribution in [2.24, 2.45) is 5.73 Å². The Hall–Kier alpha value is -0.0800. The zero-order chi connectivity index (χ0) is 11.2. The minimum atomic E-state index is -0.169. The van der Waals surface area contributed by atoms with E-state index in [1.165, 1.54) is 25.7 Å². The molecule has 2 nitrogen and oxygen atoms in total. The molecule has 0 aromatic heterocycles.